The second-order valence-electron chi connectivity index (χ2n) is 6.34. The van der Waals surface area contributed by atoms with Crippen LogP contribution in [0.3, 0.4) is 0 Å². The number of aromatic nitrogens is 3. The summed E-state index contributed by atoms with van der Waals surface area (Å²) in [6, 6.07) is 9.89. The van der Waals surface area contributed by atoms with Gasteiger partial charge in [-0.25, -0.2) is 0 Å². The van der Waals surface area contributed by atoms with E-state index >= 15 is 0 Å². The van der Waals surface area contributed by atoms with Gasteiger partial charge < -0.3 is 14.6 Å². The summed E-state index contributed by atoms with van der Waals surface area (Å²) in [5, 5.41) is 7.19. The van der Waals surface area contributed by atoms with Crippen LogP contribution < -0.4 is 5.32 Å². The van der Waals surface area contributed by atoms with E-state index in [1.165, 1.54) is 6.92 Å². The van der Waals surface area contributed by atoms with Gasteiger partial charge in [0.1, 0.15) is 0 Å². The summed E-state index contributed by atoms with van der Waals surface area (Å²) in [6.45, 7) is 3.02. The topological polar surface area (TPSA) is 107 Å². The fourth-order valence-electron chi connectivity index (χ4n) is 2.67. The van der Waals surface area contributed by atoms with Crippen molar-refractivity contribution in [2.24, 2.45) is 0 Å². The Hall–Kier alpha value is -3.26. The first-order chi connectivity index (χ1) is 13.9. The van der Waals surface area contributed by atoms with Crippen molar-refractivity contribution in [1.82, 2.24) is 20.4 Å². The highest BCUT2D eigenvalue weighted by atomic mass is 35.5. The zero-order valence-corrected chi connectivity index (χ0v) is 16.6. The van der Waals surface area contributed by atoms with Crippen LogP contribution in [0.4, 0.5) is 0 Å². The third-order valence-corrected chi connectivity index (χ3v) is 4.29. The van der Waals surface area contributed by atoms with E-state index in [0.29, 0.717) is 16.4 Å². The van der Waals surface area contributed by atoms with Gasteiger partial charge in [0.25, 0.3) is 5.89 Å². The van der Waals surface area contributed by atoms with Crippen LogP contribution in [0.25, 0.3) is 11.4 Å². The van der Waals surface area contributed by atoms with Gasteiger partial charge >= 0.3 is 5.97 Å². The first-order valence-electron chi connectivity index (χ1n) is 8.88. The molecule has 0 fully saturated rings. The van der Waals surface area contributed by atoms with Gasteiger partial charge in [-0.3, -0.25) is 14.6 Å². The molecule has 1 aromatic carbocycles. The zero-order chi connectivity index (χ0) is 20.8. The number of hydrogen-bond acceptors (Lipinski definition) is 7. The SMILES string of the molecule is CC(=O)NC(CC(=O)OC(C)c1nc(-c2cccnc2)no1)c1ccc(Cl)cc1. The molecule has 0 saturated carbocycles. The van der Waals surface area contributed by atoms with Gasteiger partial charge in [-0.05, 0) is 36.8 Å². The summed E-state index contributed by atoms with van der Waals surface area (Å²) in [5.74, 6) is -0.260. The molecule has 2 atom stereocenters. The van der Waals surface area contributed by atoms with Crippen LogP contribution in [0.15, 0.2) is 53.3 Å². The Morgan fingerprint density at radius 1 is 1.24 bits per heavy atom. The van der Waals surface area contributed by atoms with E-state index in [2.05, 4.69) is 20.4 Å². The summed E-state index contributed by atoms with van der Waals surface area (Å²) < 4.78 is 10.6. The Morgan fingerprint density at radius 2 is 2.00 bits per heavy atom. The number of benzene rings is 1. The average molecular weight is 415 g/mol. The highest BCUT2D eigenvalue weighted by molar-refractivity contribution is 6.30. The number of carbonyl (C=O) groups excluding carboxylic acids is 2. The molecule has 29 heavy (non-hydrogen) atoms. The molecule has 0 saturated heterocycles. The average Bonchev–Trinajstić information content (AvgIpc) is 3.19. The number of nitrogens with one attached hydrogen (secondary N) is 1. The third kappa shape index (κ3) is 5.61. The van der Waals surface area contributed by atoms with Gasteiger partial charge in [0.2, 0.25) is 11.7 Å². The smallest absolute Gasteiger partial charge is 0.309 e. The molecule has 2 unspecified atom stereocenters. The van der Waals surface area contributed by atoms with E-state index < -0.39 is 18.1 Å². The summed E-state index contributed by atoms with van der Waals surface area (Å²) in [6.07, 6.45) is 2.44. The number of esters is 1. The first-order valence-corrected chi connectivity index (χ1v) is 9.26. The van der Waals surface area contributed by atoms with E-state index in [1.807, 2.05) is 0 Å². The second kappa shape index (κ2) is 9.29. The summed E-state index contributed by atoms with van der Waals surface area (Å²) in [4.78, 5) is 32.2. The van der Waals surface area contributed by atoms with Crippen LogP contribution in [0, 0.1) is 0 Å². The second-order valence-corrected chi connectivity index (χ2v) is 6.78. The van der Waals surface area contributed by atoms with Crippen LogP contribution in [0.1, 0.15) is 43.9 Å². The molecule has 150 valence electrons. The lowest BCUT2D eigenvalue weighted by atomic mass is 10.0. The van der Waals surface area contributed by atoms with Gasteiger partial charge in [-0.1, -0.05) is 28.9 Å². The van der Waals surface area contributed by atoms with Crippen molar-refractivity contribution in [3.05, 3.63) is 65.3 Å². The molecule has 2 heterocycles. The predicted octanol–water partition coefficient (Wildman–Crippen LogP) is 3.66. The maximum absolute atomic E-state index is 12.4. The van der Waals surface area contributed by atoms with Crippen LogP contribution in [-0.2, 0) is 14.3 Å². The maximum atomic E-state index is 12.4. The Balaban J connectivity index is 1.65. The van der Waals surface area contributed by atoms with Gasteiger partial charge in [0.15, 0.2) is 6.10 Å². The summed E-state index contributed by atoms with van der Waals surface area (Å²) in [7, 11) is 0. The molecular formula is C20H19ClN4O4. The minimum atomic E-state index is -0.747. The van der Waals surface area contributed by atoms with Gasteiger partial charge in [0.05, 0.1) is 12.5 Å². The lowest BCUT2D eigenvalue weighted by Gasteiger charge is -2.18. The monoisotopic (exact) mass is 414 g/mol. The van der Waals surface area contributed by atoms with Crippen molar-refractivity contribution in [1.29, 1.82) is 0 Å². The Labute approximate surface area is 172 Å². The molecule has 1 N–H and O–H groups in total. The number of rotatable bonds is 7. The Bertz CT molecular complexity index is 976. The summed E-state index contributed by atoms with van der Waals surface area (Å²) >= 11 is 5.90. The van der Waals surface area contributed by atoms with Crippen LogP contribution in [0.2, 0.25) is 5.02 Å². The molecule has 0 radical (unpaired) electrons. The van der Waals surface area contributed by atoms with Crippen LogP contribution >= 0.6 is 11.6 Å². The zero-order valence-electron chi connectivity index (χ0n) is 15.8. The van der Waals surface area contributed by atoms with Gasteiger partial charge in [-0.15, -0.1) is 0 Å². The van der Waals surface area contributed by atoms with Crippen molar-refractivity contribution >= 4 is 23.5 Å². The van der Waals surface area contributed by atoms with E-state index in [4.69, 9.17) is 20.9 Å². The number of pyridine rings is 1. The van der Waals surface area contributed by atoms with Gasteiger partial charge in [-0.2, -0.15) is 4.98 Å². The molecular weight excluding hydrogens is 396 g/mol. The maximum Gasteiger partial charge on any atom is 0.309 e. The quantitative estimate of drug-likeness (QED) is 0.588. The normalized spacial score (nSPS) is 12.8. The first kappa shape index (κ1) is 20.5. The highest BCUT2D eigenvalue weighted by Crippen LogP contribution is 2.23. The van der Waals surface area contributed by atoms with Crippen molar-refractivity contribution in [2.75, 3.05) is 0 Å². The lowest BCUT2D eigenvalue weighted by molar-refractivity contribution is -0.150. The summed E-state index contributed by atoms with van der Waals surface area (Å²) in [5.41, 5.74) is 1.43. The number of amides is 1. The largest absolute Gasteiger partial charge is 0.452 e. The minimum Gasteiger partial charge on any atom is -0.452 e. The predicted molar refractivity (Wildman–Crippen MR) is 105 cm³/mol. The fraction of sp³-hybridized carbons (Fsp3) is 0.250. The van der Waals surface area contributed by atoms with Gasteiger partial charge in [0, 0.05) is 29.9 Å². The molecule has 0 bridgehead atoms. The molecule has 1 amide bonds. The molecule has 0 aliphatic rings. The number of nitrogens with zero attached hydrogens (tertiary/aromatic N) is 3. The standard InChI is InChI=1S/C20H19ClN4O4/c1-12(20-24-19(25-29-20)15-4-3-9-22-11-15)28-18(27)10-17(23-13(2)26)14-5-7-16(21)8-6-14/h3-9,11-12,17H,10H2,1-2H3,(H,23,26). The van der Waals surface area contributed by atoms with E-state index in [9.17, 15) is 9.59 Å². The van der Waals surface area contributed by atoms with Crippen molar-refractivity contribution in [2.45, 2.75) is 32.4 Å². The van der Waals surface area contributed by atoms with Crippen molar-refractivity contribution in [3.8, 4) is 11.4 Å². The minimum absolute atomic E-state index is 0.0604. The lowest BCUT2D eigenvalue weighted by Crippen LogP contribution is -2.28. The van der Waals surface area contributed by atoms with E-state index in [1.54, 1.807) is 55.7 Å². The third-order valence-electron chi connectivity index (χ3n) is 4.04. The number of ether oxygens (including phenoxy) is 1. The molecule has 3 rings (SSSR count). The Kier molecular flexibility index (Phi) is 6.56. The number of carbonyl (C=O) groups is 2. The van der Waals surface area contributed by atoms with Crippen molar-refractivity contribution < 1.29 is 18.8 Å². The molecule has 0 aliphatic carbocycles. The molecule has 9 heteroatoms. The molecule has 0 aliphatic heterocycles. The molecule has 3 aromatic rings. The molecule has 8 nitrogen and oxygen atoms in total. The van der Waals surface area contributed by atoms with Crippen molar-refractivity contribution in [3.63, 3.8) is 0 Å². The van der Waals surface area contributed by atoms with E-state index in [-0.39, 0.29) is 18.2 Å². The van der Waals surface area contributed by atoms with E-state index in [0.717, 1.165) is 5.56 Å². The number of halogens is 1. The fourth-order valence-corrected chi connectivity index (χ4v) is 2.79. The highest BCUT2D eigenvalue weighted by Gasteiger charge is 2.23. The Morgan fingerprint density at radius 3 is 2.66 bits per heavy atom. The molecule has 2 aromatic heterocycles. The number of hydrogen-bond donors (Lipinski definition) is 1. The molecule has 0 spiro atoms. The van der Waals surface area contributed by atoms with Crippen LogP contribution in [0.5, 0.6) is 0 Å². The van der Waals surface area contributed by atoms with Crippen LogP contribution in [-0.4, -0.2) is 27.0 Å².